The van der Waals surface area contributed by atoms with E-state index >= 15 is 0 Å². The number of Topliss-reactive ketones (excluding diaryl/α,β-unsaturated/α-hetero) is 1. The van der Waals surface area contributed by atoms with Crippen molar-refractivity contribution in [3.05, 3.63) is 47.0 Å². The average molecular weight is 356 g/mol. The second-order valence-electron chi connectivity index (χ2n) is 5.60. The molecule has 7 heteroatoms. The number of carbonyl (C=O) groups is 2. The molecule has 0 bridgehead atoms. The van der Waals surface area contributed by atoms with Gasteiger partial charge in [-0.25, -0.2) is 0 Å². The number of aromatic hydroxyl groups is 2. The molecule has 2 N–H and O–H groups in total. The summed E-state index contributed by atoms with van der Waals surface area (Å²) >= 11 is 0. The maximum Gasteiger partial charge on any atom is 0.308 e. The minimum atomic E-state index is -0.520. The van der Waals surface area contributed by atoms with Crippen LogP contribution in [0.2, 0.25) is 0 Å². The summed E-state index contributed by atoms with van der Waals surface area (Å²) < 4.78 is 15.7. The minimum Gasteiger partial charge on any atom is -0.504 e. The van der Waals surface area contributed by atoms with Crippen LogP contribution >= 0.6 is 0 Å². The van der Waals surface area contributed by atoms with Crippen LogP contribution < -0.4 is 14.2 Å². The van der Waals surface area contributed by atoms with Crippen molar-refractivity contribution < 1.29 is 34.0 Å². The molecule has 134 valence electrons. The Kier molecular flexibility index (Phi) is 4.53. The molecule has 0 saturated heterocycles. The van der Waals surface area contributed by atoms with Crippen molar-refractivity contribution in [2.75, 3.05) is 13.7 Å². The van der Waals surface area contributed by atoms with Gasteiger partial charge in [-0.05, 0) is 35.9 Å². The van der Waals surface area contributed by atoms with Gasteiger partial charge >= 0.3 is 5.97 Å². The van der Waals surface area contributed by atoms with Gasteiger partial charge in [0.25, 0.3) is 0 Å². The van der Waals surface area contributed by atoms with Crippen LogP contribution in [0.1, 0.15) is 22.8 Å². The number of carbonyl (C=O) groups excluding carboxylic acids is 2. The summed E-state index contributed by atoms with van der Waals surface area (Å²) in [6, 6.07) is 7.52. The third kappa shape index (κ3) is 3.19. The Bertz CT molecular complexity index is 928. The van der Waals surface area contributed by atoms with Gasteiger partial charge in [-0.2, -0.15) is 0 Å². The van der Waals surface area contributed by atoms with Crippen LogP contribution in [0, 0.1) is 0 Å². The van der Waals surface area contributed by atoms with Gasteiger partial charge in [-0.1, -0.05) is 6.07 Å². The van der Waals surface area contributed by atoms with Gasteiger partial charge in [0, 0.05) is 12.5 Å². The van der Waals surface area contributed by atoms with E-state index in [-0.39, 0.29) is 29.2 Å². The Morgan fingerprint density at radius 1 is 1.19 bits per heavy atom. The molecule has 1 heterocycles. The van der Waals surface area contributed by atoms with Crippen molar-refractivity contribution in [1.82, 2.24) is 0 Å². The molecule has 3 rings (SSSR count). The standard InChI is InChI=1S/C19H16O7/c1-10(20)26-16-8-11(3-5-14(16)24-2)7-12-9-25-15-6-4-13(21)19(23)17(15)18(12)22/h3-8,21,23H,9H2,1-2H3/b12-7+. The normalized spacial score (nSPS) is 14.5. The molecule has 0 aliphatic carbocycles. The molecule has 0 fully saturated rings. The number of ketones is 1. The van der Waals surface area contributed by atoms with Gasteiger partial charge in [-0.15, -0.1) is 0 Å². The quantitative estimate of drug-likeness (QED) is 0.377. The van der Waals surface area contributed by atoms with E-state index in [1.165, 1.54) is 26.2 Å². The van der Waals surface area contributed by atoms with Gasteiger partial charge in [0.05, 0.1) is 7.11 Å². The summed E-state index contributed by atoms with van der Waals surface area (Å²) in [4.78, 5) is 23.9. The Labute approximate surface area is 149 Å². The monoisotopic (exact) mass is 356 g/mol. The first kappa shape index (κ1) is 17.3. The Balaban J connectivity index is 1.99. The van der Waals surface area contributed by atoms with Gasteiger partial charge in [0.15, 0.2) is 28.8 Å². The topological polar surface area (TPSA) is 102 Å². The molecule has 0 radical (unpaired) electrons. The molecule has 7 nitrogen and oxygen atoms in total. The summed E-state index contributed by atoms with van der Waals surface area (Å²) in [7, 11) is 1.45. The third-order valence-corrected chi connectivity index (χ3v) is 3.80. The molecule has 1 aliphatic rings. The van der Waals surface area contributed by atoms with Crippen molar-refractivity contribution in [2.24, 2.45) is 0 Å². The molecule has 0 amide bonds. The lowest BCUT2D eigenvalue weighted by molar-refractivity contribution is -0.132. The van der Waals surface area contributed by atoms with E-state index in [2.05, 4.69) is 0 Å². The maximum atomic E-state index is 12.7. The summed E-state index contributed by atoms with van der Waals surface area (Å²) in [5.74, 6) is -1.07. The van der Waals surface area contributed by atoms with Crippen molar-refractivity contribution in [3.63, 3.8) is 0 Å². The zero-order chi connectivity index (χ0) is 18.8. The van der Waals surface area contributed by atoms with Crippen LogP contribution in [0.15, 0.2) is 35.9 Å². The van der Waals surface area contributed by atoms with Crippen molar-refractivity contribution in [3.8, 4) is 28.7 Å². The fraction of sp³-hybridized carbons (Fsp3) is 0.158. The third-order valence-electron chi connectivity index (χ3n) is 3.80. The molecule has 26 heavy (non-hydrogen) atoms. The molecule has 0 saturated carbocycles. The number of rotatable bonds is 3. The summed E-state index contributed by atoms with van der Waals surface area (Å²) in [5.41, 5.74) is 0.769. The van der Waals surface area contributed by atoms with E-state index in [1.54, 1.807) is 24.3 Å². The Morgan fingerprint density at radius 3 is 2.65 bits per heavy atom. The second kappa shape index (κ2) is 6.79. The number of benzene rings is 2. The average Bonchev–Trinajstić information content (AvgIpc) is 2.60. The van der Waals surface area contributed by atoms with Crippen LogP contribution in [0.25, 0.3) is 6.08 Å². The lowest BCUT2D eigenvalue weighted by Crippen LogP contribution is -2.19. The highest BCUT2D eigenvalue weighted by atomic mass is 16.6. The van der Waals surface area contributed by atoms with Crippen molar-refractivity contribution in [1.29, 1.82) is 0 Å². The van der Waals surface area contributed by atoms with Crippen LogP contribution in [0.4, 0.5) is 0 Å². The van der Waals surface area contributed by atoms with Crippen LogP contribution in [-0.4, -0.2) is 35.7 Å². The molecule has 2 aromatic carbocycles. The first-order valence-corrected chi connectivity index (χ1v) is 7.70. The van der Waals surface area contributed by atoms with E-state index in [0.717, 1.165) is 0 Å². The predicted molar refractivity (Wildman–Crippen MR) is 91.9 cm³/mol. The van der Waals surface area contributed by atoms with Crippen molar-refractivity contribution in [2.45, 2.75) is 6.92 Å². The summed E-state index contributed by atoms with van der Waals surface area (Å²) in [6.45, 7) is 1.28. The largest absolute Gasteiger partial charge is 0.504 e. The Morgan fingerprint density at radius 2 is 1.96 bits per heavy atom. The molecule has 0 unspecified atom stereocenters. The van der Waals surface area contributed by atoms with E-state index < -0.39 is 23.3 Å². The van der Waals surface area contributed by atoms with Gasteiger partial charge in [-0.3, -0.25) is 9.59 Å². The summed E-state index contributed by atoms with van der Waals surface area (Å²) in [5, 5.41) is 19.6. The fourth-order valence-electron chi connectivity index (χ4n) is 2.61. The number of ether oxygens (including phenoxy) is 3. The smallest absolute Gasteiger partial charge is 0.308 e. The maximum absolute atomic E-state index is 12.7. The number of hydrogen-bond donors (Lipinski definition) is 2. The minimum absolute atomic E-state index is 0.00494. The second-order valence-corrected chi connectivity index (χ2v) is 5.60. The highest BCUT2D eigenvalue weighted by Gasteiger charge is 2.28. The van der Waals surface area contributed by atoms with E-state index in [0.29, 0.717) is 11.3 Å². The molecule has 0 atom stereocenters. The number of methoxy groups -OCH3 is 1. The Hall–Kier alpha value is -3.48. The highest BCUT2D eigenvalue weighted by Crippen LogP contribution is 2.40. The first-order chi connectivity index (χ1) is 12.4. The van der Waals surface area contributed by atoms with E-state index in [9.17, 15) is 19.8 Å². The zero-order valence-corrected chi connectivity index (χ0v) is 14.1. The zero-order valence-electron chi connectivity index (χ0n) is 14.1. The lowest BCUT2D eigenvalue weighted by Gasteiger charge is -2.20. The van der Waals surface area contributed by atoms with Crippen LogP contribution in [-0.2, 0) is 4.79 Å². The number of esters is 1. The first-order valence-electron chi connectivity index (χ1n) is 7.70. The SMILES string of the molecule is COc1ccc(/C=C2\COc3ccc(O)c(O)c3C2=O)cc1OC(C)=O. The predicted octanol–water partition coefficient (Wildman–Crippen LogP) is 2.69. The molecule has 0 spiro atoms. The van der Waals surface area contributed by atoms with Crippen LogP contribution in [0.5, 0.6) is 28.7 Å². The van der Waals surface area contributed by atoms with Gasteiger partial charge in [0.2, 0.25) is 0 Å². The lowest BCUT2D eigenvalue weighted by atomic mass is 9.97. The fourth-order valence-corrected chi connectivity index (χ4v) is 2.61. The van der Waals surface area contributed by atoms with E-state index in [1.807, 2.05) is 0 Å². The molecule has 0 aromatic heterocycles. The van der Waals surface area contributed by atoms with E-state index in [4.69, 9.17) is 14.2 Å². The molecular weight excluding hydrogens is 340 g/mol. The number of phenolic OH excluding ortho intramolecular Hbond substituents is 2. The van der Waals surface area contributed by atoms with Gasteiger partial charge in [0.1, 0.15) is 17.9 Å². The number of phenols is 2. The summed E-state index contributed by atoms with van der Waals surface area (Å²) in [6.07, 6.45) is 1.56. The molecular formula is C19H16O7. The van der Waals surface area contributed by atoms with Gasteiger partial charge < -0.3 is 24.4 Å². The number of fused-ring (bicyclic) bond motifs is 1. The van der Waals surface area contributed by atoms with Crippen molar-refractivity contribution >= 4 is 17.8 Å². The number of hydrogen-bond acceptors (Lipinski definition) is 7. The molecule has 2 aromatic rings. The molecule has 1 aliphatic heterocycles. The van der Waals surface area contributed by atoms with Crippen LogP contribution in [0.3, 0.4) is 0 Å². The highest BCUT2D eigenvalue weighted by molar-refractivity contribution is 6.16.